The molecule has 0 radical (unpaired) electrons. The number of amides is 2. The SMILES string of the molecule is CN1CCN(CC(=O)N[C@@H](CCCN=C(N)N)C(=O)c2nccs2)C(=O)[C@@H]1CC(O)O. The Kier molecular flexibility index (Phi) is 9.30. The fourth-order valence-electron chi connectivity index (χ4n) is 3.26. The number of piperazine rings is 1. The Morgan fingerprint density at radius 3 is 2.74 bits per heavy atom. The molecule has 31 heavy (non-hydrogen) atoms. The fraction of sp³-hybridized carbons (Fsp3) is 0.611. The molecule has 0 spiro atoms. The number of likely N-dealkylation sites (N-methyl/N-ethyl adjacent to an activating group) is 1. The summed E-state index contributed by atoms with van der Waals surface area (Å²) in [4.78, 5) is 49.0. The van der Waals surface area contributed by atoms with Crippen molar-refractivity contribution in [3.63, 3.8) is 0 Å². The van der Waals surface area contributed by atoms with Crippen molar-refractivity contribution in [1.82, 2.24) is 20.1 Å². The molecule has 7 N–H and O–H groups in total. The lowest BCUT2D eigenvalue weighted by Crippen LogP contribution is -2.58. The zero-order valence-corrected chi connectivity index (χ0v) is 18.1. The van der Waals surface area contributed by atoms with Gasteiger partial charge in [0.15, 0.2) is 17.3 Å². The molecule has 12 nitrogen and oxygen atoms in total. The Morgan fingerprint density at radius 2 is 2.13 bits per heavy atom. The van der Waals surface area contributed by atoms with Gasteiger partial charge in [-0.15, -0.1) is 11.3 Å². The first-order valence-electron chi connectivity index (χ1n) is 9.82. The Morgan fingerprint density at radius 1 is 1.39 bits per heavy atom. The number of nitrogens with one attached hydrogen (secondary N) is 1. The first kappa shape index (κ1) is 24.7. The van der Waals surface area contributed by atoms with E-state index in [1.165, 1.54) is 22.4 Å². The van der Waals surface area contributed by atoms with E-state index in [1.54, 1.807) is 17.3 Å². The summed E-state index contributed by atoms with van der Waals surface area (Å²) in [6.07, 6.45) is 0.495. The van der Waals surface area contributed by atoms with Crippen molar-refractivity contribution >= 4 is 34.9 Å². The number of Topliss-reactive ketones (excluding diaryl/α,β-unsaturated/α-hetero) is 1. The Hall–Kier alpha value is -2.61. The van der Waals surface area contributed by atoms with Crippen LogP contribution in [0.25, 0.3) is 0 Å². The molecule has 2 atom stereocenters. The second-order valence-corrected chi connectivity index (χ2v) is 8.14. The van der Waals surface area contributed by atoms with Gasteiger partial charge < -0.3 is 31.9 Å². The third kappa shape index (κ3) is 7.54. The minimum absolute atomic E-state index is 0.0528. The van der Waals surface area contributed by atoms with E-state index in [4.69, 9.17) is 11.5 Å². The number of rotatable bonds is 11. The molecule has 0 aromatic carbocycles. The Labute approximate surface area is 183 Å². The number of ketones is 1. The van der Waals surface area contributed by atoms with Gasteiger partial charge in [0.1, 0.15) is 0 Å². The van der Waals surface area contributed by atoms with Crippen molar-refractivity contribution in [2.24, 2.45) is 16.5 Å². The number of nitrogens with two attached hydrogens (primary N) is 2. The van der Waals surface area contributed by atoms with Crippen LogP contribution in [-0.2, 0) is 9.59 Å². The third-order valence-corrected chi connectivity index (χ3v) is 5.65. The van der Waals surface area contributed by atoms with E-state index < -0.39 is 24.3 Å². The molecular weight excluding hydrogens is 426 g/mol. The van der Waals surface area contributed by atoms with Crippen LogP contribution in [0, 0.1) is 0 Å². The Balaban J connectivity index is 2.00. The summed E-state index contributed by atoms with van der Waals surface area (Å²) in [5.74, 6) is -1.23. The van der Waals surface area contributed by atoms with Crippen molar-refractivity contribution in [1.29, 1.82) is 0 Å². The van der Waals surface area contributed by atoms with Crippen LogP contribution < -0.4 is 16.8 Å². The molecule has 0 aliphatic carbocycles. The van der Waals surface area contributed by atoms with Gasteiger partial charge in [0.2, 0.25) is 17.6 Å². The van der Waals surface area contributed by atoms with Crippen LogP contribution in [0.15, 0.2) is 16.6 Å². The highest BCUT2D eigenvalue weighted by atomic mass is 32.1. The normalized spacial score (nSPS) is 18.1. The molecule has 1 aromatic rings. The predicted molar refractivity (Wildman–Crippen MR) is 114 cm³/mol. The average molecular weight is 456 g/mol. The number of aliphatic imine (C=N–C) groups is 1. The number of aliphatic hydroxyl groups excluding tert-OH is 1. The van der Waals surface area contributed by atoms with E-state index in [-0.39, 0.29) is 35.6 Å². The smallest absolute Gasteiger partial charge is 0.240 e. The molecule has 2 heterocycles. The summed E-state index contributed by atoms with van der Waals surface area (Å²) < 4.78 is 0. The standard InChI is InChI=1S/C18H29N7O5S/c1-24-6-7-25(17(30)12(24)9-14(27)28)10-13(26)23-11(3-2-4-22-18(19)20)15(29)16-21-5-8-31-16/h5,8,11-12,14,27-28H,2-4,6-7,9-10H2,1H3,(H,23,26)(H4,19,20,22)/t11-,12-/m0/s1. The van der Waals surface area contributed by atoms with Crippen LogP contribution in [0.3, 0.4) is 0 Å². The maximum Gasteiger partial charge on any atom is 0.240 e. The monoisotopic (exact) mass is 455 g/mol. The van der Waals surface area contributed by atoms with Crippen molar-refractivity contribution in [3.8, 4) is 0 Å². The van der Waals surface area contributed by atoms with Gasteiger partial charge in [0.25, 0.3) is 0 Å². The van der Waals surface area contributed by atoms with Gasteiger partial charge in [0, 0.05) is 37.6 Å². The van der Waals surface area contributed by atoms with Crippen molar-refractivity contribution in [2.75, 3.05) is 33.2 Å². The predicted octanol–water partition coefficient (Wildman–Crippen LogP) is -2.29. The maximum atomic E-state index is 12.7. The second-order valence-electron chi connectivity index (χ2n) is 7.24. The molecule has 0 saturated carbocycles. The highest BCUT2D eigenvalue weighted by Gasteiger charge is 2.35. The Bertz CT molecular complexity index is 782. The van der Waals surface area contributed by atoms with Gasteiger partial charge in [-0.25, -0.2) is 4.98 Å². The van der Waals surface area contributed by atoms with Crippen LogP contribution >= 0.6 is 11.3 Å². The number of carbonyl (C=O) groups is 3. The molecule has 1 aliphatic rings. The van der Waals surface area contributed by atoms with E-state index in [1.807, 2.05) is 0 Å². The summed E-state index contributed by atoms with van der Waals surface area (Å²) in [5.41, 5.74) is 10.6. The number of hydrogen-bond acceptors (Lipinski definition) is 9. The van der Waals surface area contributed by atoms with Gasteiger partial charge >= 0.3 is 0 Å². The topological polar surface area (TPSA) is 187 Å². The largest absolute Gasteiger partial charge is 0.370 e. The van der Waals surface area contributed by atoms with E-state index in [9.17, 15) is 24.6 Å². The molecule has 2 rings (SSSR count). The number of carbonyl (C=O) groups excluding carboxylic acids is 3. The molecule has 2 amide bonds. The van der Waals surface area contributed by atoms with Crippen LogP contribution in [0.1, 0.15) is 29.1 Å². The van der Waals surface area contributed by atoms with Crippen molar-refractivity contribution < 1.29 is 24.6 Å². The number of nitrogens with zero attached hydrogens (tertiary/aromatic N) is 4. The molecule has 1 aromatic heterocycles. The van der Waals surface area contributed by atoms with E-state index >= 15 is 0 Å². The molecule has 0 unspecified atom stereocenters. The summed E-state index contributed by atoms with van der Waals surface area (Å²) in [6, 6.07) is -1.56. The number of aliphatic hydroxyl groups is 2. The third-order valence-electron chi connectivity index (χ3n) is 4.86. The van der Waals surface area contributed by atoms with Gasteiger partial charge in [-0.1, -0.05) is 0 Å². The van der Waals surface area contributed by atoms with E-state index in [0.717, 1.165) is 0 Å². The van der Waals surface area contributed by atoms with E-state index in [0.29, 0.717) is 32.5 Å². The lowest BCUT2D eigenvalue weighted by molar-refractivity contribution is -0.148. The number of thiazole rings is 1. The molecular formula is C18H29N7O5S. The maximum absolute atomic E-state index is 12.7. The summed E-state index contributed by atoms with van der Waals surface area (Å²) in [6.45, 7) is 0.870. The van der Waals surface area contributed by atoms with Crippen LogP contribution in [0.5, 0.6) is 0 Å². The molecule has 1 saturated heterocycles. The molecule has 172 valence electrons. The van der Waals surface area contributed by atoms with Gasteiger partial charge in [0.05, 0.1) is 18.6 Å². The fourth-order valence-corrected chi connectivity index (χ4v) is 3.89. The first-order chi connectivity index (χ1) is 14.7. The van der Waals surface area contributed by atoms with Crippen LogP contribution in [0.4, 0.5) is 0 Å². The average Bonchev–Trinajstić information content (AvgIpc) is 3.23. The van der Waals surface area contributed by atoms with Crippen LogP contribution in [0.2, 0.25) is 0 Å². The zero-order valence-electron chi connectivity index (χ0n) is 17.3. The van der Waals surface area contributed by atoms with Crippen molar-refractivity contribution in [2.45, 2.75) is 37.6 Å². The van der Waals surface area contributed by atoms with E-state index in [2.05, 4.69) is 15.3 Å². The molecule has 1 fully saturated rings. The minimum Gasteiger partial charge on any atom is -0.370 e. The quantitative estimate of drug-likeness (QED) is 0.0804. The summed E-state index contributed by atoms with van der Waals surface area (Å²) >= 11 is 1.18. The highest BCUT2D eigenvalue weighted by molar-refractivity contribution is 7.11. The summed E-state index contributed by atoms with van der Waals surface area (Å²) in [5, 5.41) is 23.1. The van der Waals surface area contributed by atoms with Gasteiger partial charge in [-0.3, -0.25) is 24.3 Å². The van der Waals surface area contributed by atoms with Crippen LogP contribution in [-0.4, -0.2) is 100 Å². The number of hydrogen-bond donors (Lipinski definition) is 5. The second kappa shape index (κ2) is 11.7. The zero-order chi connectivity index (χ0) is 23.0. The molecule has 1 aliphatic heterocycles. The highest BCUT2D eigenvalue weighted by Crippen LogP contribution is 2.15. The summed E-state index contributed by atoms with van der Waals surface area (Å²) in [7, 11) is 1.71. The van der Waals surface area contributed by atoms with Gasteiger partial charge in [-0.05, 0) is 19.9 Å². The first-order valence-corrected chi connectivity index (χ1v) is 10.7. The number of guanidine groups is 1. The minimum atomic E-state index is -1.63. The van der Waals surface area contributed by atoms with Crippen molar-refractivity contribution in [3.05, 3.63) is 16.6 Å². The van der Waals surface area contributed by atoms with Gasteiger partial charge in [-0.2, -0.15) is 0 Å². The lowest BCUT2D eigenvalue weighted by atomic mass is 10.1. The molecule has 13 heteroatoms. The lowest BCUT2D eigenvalue weighted by Gasteiger charge is -2.38. The number of aromatic nitrogens is 1. The molecule has 0 bridgehead atoms.